The number of aromatic nitrogens is 2. The van der Waals surface area contributed by atoms with Crippen LogP contribution in [0.15, 0.2) is 5.16 Å². The lowest BCUT2D eigenvalue weighted by Gasteiger charge is -2.33. The molecule has 0 bridgehead atoms. The maximum atomic E-state index is 9.11. The number of fused-ring (bicyclic) bond motifs is 3. The molecule has 0 unspecified atom stereocenters. The van der Waals surface area contributed by atoms with E-state index in [1.807, 2.05) is 6.26 Å². The van der Waals surface area contributed by atoms with Crippen molar-refractivity contribution in [2.24, 2.45) is 0 Å². The summed E-state index contributed by atoms with van der Waals surface area (Å²) < 4.78 is 6.04. The van der Waals surface area contributed by atoms with E-state index in [-0.39, 0.29) is 12.2 Å². The van der Waals surface area contributed by atoms with Crippen molar-refractivity contribution in [2.45, 2.75) is 44.1 Å². The second kappa shape index (κ2) is 6.31. The molecule has 0 aromatic carbocycles. The van der Waals surface area contributed by atoms with Gasteiger partial charge in [-0.1, -0.05) is 18.7 Å². The molecule has 3 heterocycles. The summed E-state index contributed by atoms with van der Waals surface area (Å²) in [6.45, 7) is 5.55. The van der Waals surface area contributed by atoms with E-state index in [1.54, 1.807) is 11.3 Å². The molecule has 3 rings (SSSR count). The number of aliphatic hydroxyl groups is 1. The van der Waals surface area contributed by atoms with Crippen LogP contribution < -0.4 is 5.32 Å². The Kier molecular flexibility index (Phi) is 4.59. The second-order valence-electron chi connectivity index (χ2n) is 5.66. The van der Waals surface area contributed by atoms with E-state index in [0.29, 0.717) is 13.2 Å². The molecular weight excluding hydrogens is 318 g/mol. The van der Waals surface area contributed by atoms with Crippen molar-refractivity contribution < 1.29 is 9.84 Å². The van der Waals surface area contributed by atoms with Gasteiger partial charge in [-0.3, -0.25) is 0 Å². The van der Waals surface area contributed by atoms with Gasteiger partial charge in [0, 0.05) is 17.8 Å². The largest absolute Gasteiger partial charge is 0.395 e. The van der Waals surface area contributed by atoms with Crippen LogP contribution in [0.5, 0.6) is 0 Å². The number of thiophene rings is 1. The Labute approximate surface area is 138 Å². The Morgan fingerprint density at radius 1 is 1.45 bits per heavy atom. The van der Waals surface area contributed by atoms with Gasteiger partial charge >= 0.3 is 0 Å². The molecule has 2 N–H and O–H groups in total. The molecule has 2 aromatic rings. The molecule has 1 aliphatic rings. The first kappa shape index (κ1) is 16.0. The van der Waals surface area contributed by atoms with Crippen LogP contribution in [0.4, 0.5) is 5.82 Å². The zero-order valence-corrected chi connectivity index (χ0v) is 14.7. The minimum Gasteiger partial charge on any atom is -0.395 e. The van der Waals surface area contributed by atoms with Crippen molar-refractivity contribution in [1.82, 2.24) is 9.97 Å². The molecule has 5 nitrogen and oxygen atoms in total. The van der Waals surface area contributed by atoms with Crippen molar-refractivity contribution in [3.8, 4) is 0 Å². The van der Waals surface area contributed by atoms with E-state index in [1.165, 1.54) is 22.2 Å². The maximum Gasteiger partial charge on any atom is 0.190 e. The van der Waals surface area contributed by atoms with Crippen LogP contribution >= 0.6 is 23.1 Å². The lowest BCUT2D eigenvalue weighted by atomic mass is 9.90. The summed E-state index contributed by atoms with van der Waals surface area (Å²) in [5.41, 5.74) is 1.19. The zero-order valence-electron chi connectivity index (χ0n) is 13.1. The highest BCUT2D eigenvalue weighted by Gasteiger charge is 2.33. The summed E-state index contributed by atoms with van der Waals surface area (Å²) in [7, 11) is 0. The SMILES string of the molecule is CC[C@@]1(C)Cc2c(sc3nc(SC)nc(NCCO)c23)CO1. The average Bonchev–Trinajstić information content (AvgIpc) is 2.89. The Morgan fingerprint density at radius 2 is 2.27 bits per heavy atom. The minimum atomic E-state index is -0.118. The molecule has 7 heteroatoms. The quantitative estimate of drug-likeness (QED) is 0.645. The first-order valence-electron chi connectivity index (χ1n) is 7.45. The van der Waals surface area contributed by atoms with E-state index in [0.717, 1.165) is 34.0 Å². The highest BCUT2D eigenvalue weighted by Crippen LogP contribution is 2.42. The number of nitrogens with one attached hydrogen (secondary N) is 1. The molecule has 1 atom stereocenters. The van der Waals surface area contributed by atoms with Crippen molar-refractivity contribution in [1.29, 1.82) is 0 Å². The molecule has 120 valence electrons. The molecule has 0 saturated heterocycles. The first-order chi connectivity index (χ1) is 10.6. The van der Waals surface area contributed by atoms with Gasteiger partial charge in [-0.05, 0) is 25.2 Å². The fourth-order valence-corrected chi connectivity index (χ4v) is 4.20. The number of anilines is 1. The molecule has 22 heavy (non-hydrogen) atoms. The fraction of sp³-hybridized carbons (Fsp3) is 0.600. The van der Waals surface area contributed by atoms with Crippen molar-refractivity contribution in [3.05, 3.63) is 10.4 Å². The molecule has 0 fully saturated rings. The number of ether oxygens (including phenoxy) is 1. The lowest BCUT2D eigenvalue weighted by molar-refractivity contribution is -0.0542. The van der Waals surface area contributed by atoms with Gasteiger partial charge in [-0.25, -0.2) is 9.97 Å². The predicted octanol–water partition coefficient (Wildman–Crippen LogP) is 3.06. The van der Waals surface area contributed by atoms with Gasteiger partial charge in [-0.2, -0.15) is 0 Å². The number of nitrogens with zero attached hydrogens (tertiary/aromatic N) is 2. The van der Waals surface area contributed by atoms with Crippen LogP contribution in [0.25, 0.3) is 10.2 Å². The van der Waals surface area contributed by atoms with Gasteiger partial charge in [0.25, 0.3) is 0 Å². The van der Waals surface area contributed by atoms with Crippen LogP contribution in [0.1, 0.15) is 30.7 Å². The predicted molar refractivity (Wildman–Crippen MR) is 92.0 cm³/mol. The van der Waals surface area contributed by atoms with E-state index in [2.05, 4.69) is 29.1 Å². The van der Waals surface area contributed by atoms with Gasteiger partial charge in [0.1, 0.15) is 10.6 Å². The van der Waals surface area contributed by atoms with Crippen LogP contribution in [0, 0.1) is 0 Å². The molecule has 0 amide bonds. The van der Waals surface area contributed by atoms with Crippen molar-refractivity contribution >= 4 is 39.1 Å². The average molecular weight is 339 g/mol. The summed E-state index contributed by atoms with van der Waals surface area (Å²) in [5, 5.41) is 14.2. The smallest absolute Gasteiger partial charge is 0.190 e. The second-order valence-corrected chi connectivity index (χ2v) is 7.52. The van der Waals surface area contributed by atoms with E-state index < -0.39 is 0 Å². The van der Waals surface area contributed by atoms with E-state index in [9.17, 15) is 0 Å². The standard InChI is InChI=1S/C15H21N3O2S2/c1-4-15(2)7-9-10(8-20-15)22-13-11(9)12(16-5-6-19)17-14(18-13)21-3/h19H,4-8H2,1-3H3,(H,16,17,18)/t15-/m0/s1. The van der Waals surface area contributed by atoms with Crippen LogP contribution in [0.2, 0.25) is 0 Å². The molecular formula is C15H21N3O2S2. The van der Waals surface area contributed by atoms with Gasteiger partial charge < -0.3 is 15.2 Å². The van der Waals surface area contributed by atoms with E-state index in [4.69, 9.17) is 9.84 Å². The van der Waals surface area contributed by atoms with Gasteiger partial charge in [-0.15, -0.1) is 11.3 Å². The molecule has 2 aromatic heterocycles. The zero-order chi connectivity index (χ0) is 15.7. The molecule has 0 radical (unpaired) electrons. The summed E-state index contributed by atoms with van der Waals surface area (Å²) in [4.78, 5) is 11.5. The molecule has 0 aliphatic carbocycles. The number of thioether (sulfide) groups is 1. The highest BCUT2D eigenvalue weighted by molar-refractivity contribution is 7.98. The highest BCUT2D eigenvalue weighted by atomic mass is 32.2. The number of hydrogen-bond donors (Lipinski definition) is 2. The molecule has 1 aliphatic heterocycles. The van der Waals surface area contributed by atoms with Crippen LogP contribution in [-0.4, -0.2) is 40.1 Å². The van der Waals surface area contributed by atoms with Gasteiger partial charge in [0.05, 0.1) is 24.2 Å². The summed E-state index contributed by atoms with van der Waals surface area (Å²) in [5.74, 6) is 0.834. The minimum absolute atomic E-state index is 0.0855. The van der Waals surface area contributed by atoms with Gasteiger partial charge in [0.2, 0.25) is 0 Å². The number of aliphatic hydroxyl groups excluding tert-OH is 1. The van der Waals surface area contributed by atoms with Gasteiger partial charge in [0.15, 0.2) is 5.16 Å². The van der Waals surface area contributed by atoms with Crippen molar-refractivity contribution in [3.63, 3.8) is 0 Å². The summed E-state index contributed by atoms with van der Waals surface area (Å²) >= 11 is 3.23. The Bertz CT molecular complexity index is 689. The van der Waals surface area contributed by atoms with Crippen molar-refractivity contribution in [2.75, 3.05) is 24.7 Å². The van der Waals surface area contributed by atoms with E-state index >= 15 is 0 Å². The Hall–Kier alpha value is -0.890. The van der Waals surface area contributed by atoms with Crippen LogP contribution in [0.3, 0.4) is 0 Å². The topological polar surface area (TPSA) is 67.3 Å². The monoisotopic (exact) mass is 339 g/mol. The normalized spacial score (nSPS) is 21.1. The molecule has 0 spiro atoms. The fourth-order valence-electron chi connectivity index (χ4n) is 2.67. The third-order valence-electron chi connectivity index (χ3n) is 4.15. The third-order valence-corrected chi connectivity index (χ3v) is 5.80. The summed E-state index contributed by atoms with van der Waals surface area (Å²) in [6, 6.07) is 0. The number of hydrogen-bond acceptors (Lipinski definition) is 7. The third kappa shape index (κ3) is 2.82. The van der Waals surface area contributed by atoms with Crippen LogP contribution in [-0.2, 0) is 17.8 Å². The first-order valence-corrected chi connectivity index (χ1v) is 9.49. The maximum absolute atomic E-state index is 9.11. The Morgan fingerprint density at radius 3 is 2.95 bits per heavy atom. The summed E-state index contributed by atoms with van der Waals surface area (Å²) in [6.07, 6.45) is 3.84. The molecule has 0 saturated carbocycles. The lowest BCUT2D eigenvalue weighted by Crippen LogP contribution is -2.34. The Balaban J connectivity index is 2.13. The number of rotatable bonds is 5.